The Bertz CT molecular complexity index is 414. The summed E-state index contributed by atoms with van der Waals surface area (Å²) in [6.07, 6.45) is 1.98. The highest BCUT2D eigenvalue weighted by Crippen LogP contribution is 2.12. The summed E-state index contributed by atoms with van der Waals surface area (Å²) < 4.78 is 12.0. The molecule has 106 valence electrons. The molecule has 0 unspecified atom stereocenters. The lowest BCUT2D eigenvalue weighted by molar-refractivity contribution is 0.0877. The predicted molar refractivity (Wildman–Crippen MR) is 78.5 cm³/mol. The van der Waals surface area contributed by atoms with Crippen LogP contribution in [0.4, 0.5) is 0 Å². The van der Waals surface area contributed by atoms with Crippen molar-refractivity contribution < 1.29 is 14.4 Å². The summed E-state index contributed by atoms with van der Waals surface area (Å²) in [7, 11) is -1.23. The third-order valence-corrected chi connectivity index (χ3v) is 4.36. The molecule has 1 aromatic carbocycles. The molecule has 0 heterocycles. The van der Waals surface area contributed by atoms with E-state index in [1.807, 2.05) is 31.2 Å². The number of hydrogen-bond donors (Lipinski definition) is 2. The largest absolute Gasteiger partial charge is 0.393 e. The van der Waals surface area contributed by atoms with Crippen molar-refractivity contribution in [2.24, 2.45) is 0 Å². The Morgan fingerprint density at radius 3 is 2.47 bits per heavy atom. The lowest BCUT2D eigenvalue weighted by atomic mass is 10.1. The topological polar surface area (TPSA) is 57.5 Å². The zero-order valence-electron chi connectivity index (χ0n) is 11.3. The lowest BCUT2D eigenvalue weighted by Crippen LogP contribution is -2.23. The Morgan fingerprint density at radius 1 is 1.26 bits per heavy atom. The van der Waals surface area contributed by atoms with Crippen LogP contribution < -0.4 is 0 Å². The monoisotopic (exact) mass is 282 g/mol. The van der Waals surface area contributed by atoms with Crippen molar-refractivity contribution in [3.05, 3.63) is 42.5 Å². The molecular weight excluding hydrogens is 260 g/mol. The molecule has 0 amide bonds. The molecule has 0 aliphatic heterocycles. The molecule has 0 radical (unpaired) electrons. The van der Waals surface area contributed by atoms with Crippen molar-refractivity contribution in [2.75, 3.05) is 5.75 Å². The first-order valence-corrected chi connectivity index (χ1v) is 7.77. The number of aliphatic hydroxyl groups excluding tert-OH is 2. The minimum absolute atomic E-state index is 0.161. The molecule has 0 saturated heterocycles. The van der Waals surface area contributed by atoms with E-state index in [0.717, 1.165) is 12.0 Å². The summed E-state index contributed by atoms with van der Waals surface area (Å²) in [5.41, 5.74) is 1.11. The molecule has 0 aliphatic rings. The number of aliphatic hydroxyl groups is 2. The molecule has 19 heavy (non-hydrogen) atoms. The standard InChI is InChI=1S/C15H22O3S/c1-3-4-5-13(16)10-14(17)11-19(18)15-8-6-12(2)7-9-15/h3,6-9,13-14,16-17H,1,4-5,10-11H2,2H3/t13-,14-,19+/m0/s1. The fourth-order valence-electron chi connectivity index (χ4n) is 1.77. The van der Waals surface area contributed by atoms with Gasteiger partial charge in [-0.3, -0.25) is 4.21 Å². The number of benzene rings is 1. The second kappa shape index (κ2) is 8.25. The molecule has 0 bridgehead atoms. The summed E-state index contributed by atoms with van der Waals surface area (Å²) >= 11 is 0. The van der Waals surface area contributed by atoms with Crippen LogP contribution in [0.25, 0.3) is 0 Å². The molecule has 0 fully saturated rings. The van der Waals surface area contributed by atoms with Gasteiger partial charge < -0.3 is 10.2 Å². The Kier molecular flexibility index (Phi) is 6.99. The summed E-state index contributed by atoms with van der Waals surface area (Å²) in [6.45, 7) is 5.55. The minimum atomic E-state index is -1.23. The predicted octanol–water partition coefficient (Wildman–Crippen LogP) is 2.18. The van der Waals surface area contributed by atoms with Crippen LogP contribution in [0.2, 0.25) is 0 Å². The van der Waals surface area contributed by atoms with E-state index in [-0.39, 0.29) is 12.2 Å². The average molecular weight is 282 g/mol. The molecule has 0 saturated carbocycles. The van der Waals surface area contributed by atoms with Crippen LogP contribution in [0.1, 0.15) is 24.8 Å². The third kappa shape index (κ3) is 6.14. The van der Waals surface area contributed by atoms with Crippen LogP contribution in [0.15, 0.2) is 41.8 Å². The number of allylic oxidation sites excluding steroid dienone is 1. The molecule has 1 rings (SSSR count). The average Bonchev–Trinajstić information content (AvgIpc) is 2.36. The van der Waals surface area contributed by atoms with Gasteiger partial charge in [0.2, 0.25) is 0 Å². The van der Waals surface area contributed by atoms with Crippen molar-refractivity contribution in [2.45, 2.75) is 43.3 Å². The van der Waals surface area contributed by atoms with Crippen molar-refractivity contribution in [1.29, 1.82) is 0 Å². The van der Waals surface area contributed by atoms with Gasteiger partial charge in [0.05, 0.1) is 28.8 Å². The fourth-order valence-corrected chi connectivity index (χ4v) is 2.89. The molecule has 3 nitrogen and oxygen atoms in total. The van der Waals surface area contributed by atoms with Crippen LogP contribution in [0, 0.1) is 6.92 Å². The number of rotatable bonds is 8. The summed E-state index contributed by atoms with van der Waals surface area (Å²) in [4.78, 5) is 0.713. The van der Waals surface area contributed by atoms with Gasteiger partial charge in [0, 0.05) is 11.3 Å². The van der Waals surface area contributed by atoms with Gasteiger partial charge in [-0.15, -0.1) is 6.58 Å². The second-order valence-electron chi connectivity index (χ2n) is 4.73. The van der Waals surface area contributed by atoms with Gasteiger partial charge >= 0.3 is 0 Å². The first kappa shape index (κ1) is 16.1. The van der Waals surface area contributed by atoms with Crippen LogP contribution in [0.5, 0.6) is 0 Å². The summed E-state index contributed by atoms with van der Waals surface area (Å²) in [5.74, 6) is 0.161. The van der Waals surface area contributed by atoms with Crippen LogP contribution in [-0.2, 0) is 10.8 Å². The molecule has 0 aromatic heterocycles. The highest BCUT2D eigenvalue weighted by molar-refractivity contribution is 7.85. The molecular formula is C15H22O3S. The zero-order chi connectivity index (χ0) is 14.3. The fraction of sp³-hybridized carbons (Fsp3) is 0.467. The Labute approximate surface area is 117 Å². The van der Waals surface area contributed by atoms with Gasteiger partial charge in [0.15, 0.2) is 0 Å². The quantitative estimate of drug-likeness (QED) is 0.719. The van der Waals surface area contributed by atoms with E-state index in [0.29, 0.717) is 11.3 Å². The highest BCUT2D eigenvalue weighted by atomic mass is 32.2. The lowest BCUT2D eigenvalue weighted by Gasteiger charge is -2.14. The third-order valence-electron chi connectivity index (χ3n) is 2.88. The summed E-state index contributed by atoms with van der Waals surface area (Å²) in [5, 5.41) is 19.5. The van der Waals surface area contributed by atoms with E-state index in [4.69, 9.17) is 0 Å². The van der Waals surface area contributed by atoms with Gasteiger partial charge in [0.1, 0.15) is 0 Å². The molecule has 2 N–H and O–H groups in total. The minimum Gasteiger partial charge on any atom is -0.393 e. The van der Waals surface area contributed by atoms with Gasteiger partial charge in [-0.2, -0.15) is 0 Å². The van der Waals surface area contributed by atoms with Crippen LogP contribution in [-0.4, -0.2) is 32.4 Å². The van der Waals surface area contributed by atoms with Gasteiger partial charge in [0.25, 0.3) is 0 Å². The van der Waals surface area contributed by atoms with E-state index < -0.39 is 23.0 Å². The first-order valence-electron chi connectivity index (χ1n) is 6.45. The Morgan fingerprint density at radius 2 is 1.89 bits per heavy atom. The van der Waals surface area contributed by atoms with E-state index >= 15 is 0 Å². The van der Waals surface area contributed by atoms with E-state index in [9.17, 15) is 14.4 Å². The Balaban J connectivity index is 2.43. The first-order chi connectivity index (χ1) is 9.02. The molecule has 3 atom stereocenters. The maximum absolute atomic E-state index is 12.0. The van der Waals surface area contributed by atoms with E-state index in [1.54, 1.807) is 6.08 Å². The van der Waals surface area contributed by atoms with E-state index in [1.165, 1.54) is 0 Å². The van der Waals surface area contributed by atoms with Gasteiger partial charge in [-0.25, -0.2) is 0 Å². The number of aryl methyl sites for hydroxylation is 1. The van der Waals surface area contributed by atoms with Crippen molar-refractivity contribution >= 4 is 10.8 Å². The smallest absolute Gasteiger partial charge is 0.0683 e. The van der Waals surface area contributed by atoms with Crippen LogP contribution in [0.3, 0.4) is 0 Å². The van der Waals surface area contributed by atoms with Gasteiger partial charge in [-0.05, 0) is 31.9 Å². The van der Waals surface area contributed by atoms with Crippen molar-refractivity contribution in [3.8, 4) is 0 Å². The van der Waals surface area contributed by atoms with Gasteiger partial charge in [-0.1, -0.05) is 23.8 Å². The maximum atomic E-state index is 12.0. The zero-order valence-corrected chi connectivity index (χ0v) is 12.1. The highest BCUT2D eigenvalue weighted by Gasteiger charge is 2.15. The molecule has 1 aromatic rings. The second-order valence-corrected chi connectivity index (χ2v) is 6.23. The Hall–Kier alpha value is -0.970. The number of hydrogen-bond acceptors (Lipinski definition) is 3. The van der Waals surface area contributed by atoms with Crippen LogP contribution >= 0.6 is 0 Å². The van der Waals surface area contributed by atoms with Crippen molar-refractivity contribution in [3.63, 3.8) is 0 Å². The maximum Gasteiger partial charge on any atom is 0.0683 e. The molecule has 4 heteroatoms. The molecule has 0 aliphatic carbocycles. The van der Waals surface area contributed by atoms with Crippen molar-refractivity contribution in [1.82, 2.24) is 0 Å². The molecule has 0 spiro atoms. The summed E-state index contributed by atoms with van der Waals surface area (Å²) in [6, 6.07) is 7.43. The normalized spacial score (nSPS) is 15.7. The van der Waals surface area contributed by atoms with E-state index in [2.05, 4.69) is 6.58 Å². The SMILES string of the molecule is C=CCC[C@H](O)C[C@H](O)C[S@@](=O)c1ccc(C)cc1.